The van der Waals surface area contributed by atoms with Crippen LogP contribution in [-0.2, 0) is 54.6 Å². The van der Waals surface area contributed by atoms with Crippen LogP contribution in [0.2, 0.25) is 0 Å². The van der Waals surface area contributed by atoms with Crippen LogP contribution in [0.4, 0.5) is 0 Å². The van der Waals surface area contributed by atoms with E-state index < -0.39 is 107 Å². The first kappa shape index (κ1) is 91.8. The van der Waals surface area contributed by atoms with E-state index in [4.69, 9.17) is 28.4 Å². The Bertz CT molecular complexity index is 3700. The van der Waals surface area contributed by atoms with Crippen molar-refractivity contribution in [2.75, 3.05) is 105 Å². The normalized spacial score (nSPS) is 32.3. The highest BCUT2D eigenvalue weighted by molar-refractivity contribution is 14.1. The van der Waals surface area contributed by atoms with Crippen LogP contribution in [0.25, 0.3) is 0 Å². The van der Waals surface area contributed by atoms with E-state index in [0.717, 1.165) is 65.6 Å². The van der Waals surface area contributed by atoms with E-state index in [1.54, 1.807) is 51.5 Å². The van der Waals surface area contributed by atoms with Gasteiger partial charge in [-0.05, 0) is 130 Å². The number of aromatic nitrogens is 2. The lowest BCUT2D eigenvalue weighted by molar-refractivity contribution is -0.119. The number of methoxy groups -OCH3 is 1. The molecule has 602 valence electrons. The van der Waals surface area contributed by atoms with Gasteiger partial charge in [-0.1, -0.05) is 71.8 Å². The van der Waals surface area contributed by atoms with Crippen molar-refractivity contribution in [3.05, 3.63) is 132 Å². The summed E-state index contributed by atoms with van der Waals surface area (Å²) < 4.78 is 37.1. The topological polar surface area (TPSA) is 350 Å². The van der Waals surface area contributed by atoms with E-state index in [1.165, 1.54) is 43.6 Å². The van der Waals surface area contributed by atoms with Gasteiger partial charge in [0, 0.05) is 81.4 Å². The van der Waals surface area contributed by atoms with Gasteiger partial charge in [0.05, 0.1) is 57.6 Å². The molecule has 9 aliphatic rings. The van der Waals surface area contributed by atoms with Crippen molar-refractivity contribution in [2.24, 2.45) is 13.0 Å². The Morgan fingerprint density at radius 3 is 1.15 bits per heavy atom. The molecule has 5 fully saturated rings. The average Bonchev–Trinajstić information content (AvgIpc) is 1.66. The average molecular weight is 1770 g/mol. The second-order valence-corrected chi connectivity index (χ2v) is 55.6. The molecule has 10 heterocycles. The molecular weight excluding hydrogens is 1650 g/mol. The fourth-order valence-electron chi connectivity index (χ4n) is 12.5. The van der Waals surface area contributed by atoms with Gasteiger partial charge in [0.25, 0.3) is 29.2 Å². The molecule has 10 rings (SSSR count). The Morgan fingerprint density at radius 1 is 0.458 bits per heavy atom. The number of rotatable bonds is 21. The molecule has 0 bridgehead atoms. The van der Waals surface area contributed by atoms with E-state index in [1.807, 2.05) is 6.92 Å². The van der Waals surface area contributed by atoms with Gasteiger partial charge >= 0.3 is 5.69 Å². The zero-order chi connectivity index (χ0) is 80.5. The van der Waals surface area contributed by atoms with Crippen molar-refractivity contribution in [3.8, 4) is 0 Å². The van der Waals surface area contributed by atoms with Crippen LogP contribution < -0.4 is 32.5 Å². The fourth-order valence-corrected chi connectivity index (χ4v) is 18.9. The number of nitrogens with zero attached hydrogens (tertiary/aromatic N) is 6. The van der Waals surface area contributed by atoms with Crippen LogP contribution in [0, 0.1) is 5.92 Å². The molecule has 1 aromatic heterocycles. The molecule has 0 aliphatic carbocycles. The van der Waals surface area contributed by atoms with Crippen LogP contribution in [0.1, 0.15) is 45.3 Å². The minimum absolute atomic E-state index is 0.0577. The summed E-state index contributed by atoms with van der Waals surface area (Å²) in [6.07, 6.45) is 33.6. The van der Waals surface area contributed by atoms with Crippen LogP contribution in [0.15, 0.2) is 121 Å². The van der Waals surface area contributed by atoms with E-state index in [0.29, 0.717) is 29.7 Å². The summed E-state index contributed by atoms with van der Waals surface area (Å²) in [5.74, 6) is 0.951. The molecule has 10 N–H and O–H groups in total. The highest BCUT2D eigenvalue weighted by atomic mass is 127. The molecule has 5 saturated heterocycles. The first-order valence-electron chi connectivity index (χ1n) is 35.1. The molecule has 0 spiro atoms. The summed E-state index contributed by atoms with van der Waals surface area (Å²) in [5.41, 5.74) is -1.02. The predicted molar refractivity (Wildman–Crippen MR) is 451 cm³/mol. The molecule has 28 nitrogen and oxygen atoms in total. The number of amides is 4. The molecule has 0 radical (unpaired) electrons. The second-order valence-electron chi connectivity index (χ2n) is 31.5. The van der Waals surface area contributed by atoms with Gasteiger partial charge in [0.15, 0.2) is 18.7 Å². The third-order valence-corrected chi connectivity index (χ3v) is 28.4. The number of aliphatic hydroxyl groups is 6. The van der Waals surface area contributed by atoms with Crippen molar-refractivity contribution >= 4 is 128 Å². The van der Waals surface area contributed by atoms with Gasteiger partial charge in [0.2, 0.25) is 0 Å². The van der Waals surface area contributed by atoms with Gasteiger partial charge in [-0.2, -0.15) is 0 Å². The third kappa shape index (κ3) is 26.2. The maximum Gasteiger partial charge on any atom is 0.332 e. The highest BCUT2D eigenvalue weighted by Gasteiger charge is 2.50. The number of carbonyl (C=O) groups is 4. The first-order valence-corrected chi connectivity index (χ1v) is 52.5. The number of hydrogen-bond acceptors (Lipinski definition) is 22. The summed E-state index contributed by atoms with van der Waals surface area (Å²) in [6.45, 7) is 32.9. The van der Waals surface area contributed by atoms with Gasteiger partial charge < -0.3 is 99.9 Å². The molecule has 35 heteroatoms. The quantitative estimate of drug-likeness (QED) is 0.0475. The van der Waals surface area contributed by atoms with Crippen molar-refractivity contribution in [1.29, 1.82) is 0 Å². The molecule has 5 unspecified atom stereocenters. The number of hydrogen-bond donors (Lipinski definition) is 10. The molecule has 1 aromatic rings. The Kier molecular flexibility index (Phi) is 33.1. The van der Waals surface area contributed by atoms with Crippen molar-refractivity contribution in [2.45, 2.75) is 152 Å². The van der Waals surface area contributed by atoms with Crippen LogP contribution in [0.5, 0.6) is 0 Å². The summed E-state index contributed by atoms with van der Waals surface area (Å²) in [6, 6.07) is 1.22. The summed E-state index contributed by atoms with van der Waals surface area (Å²) in [5, 5.41) is 72.4. The SMILES string of the molecule is C=C1NC(=O)C=CN1[C@@H]1OC(CCP(=C)(C)C)[C@@H](O)[C@H]1Br.C=C1NC(=O)C=CN1[C@@H]1OC(CCP(=C)(C)C)[C@@H](O)[C@H]1C.C=C1NC(=O)C=CN1[C@@H]1OC(CCP(=C)(C)C)[C@@H](O)[C@H]1I.C=C1NC(=O)C=CN1[C@@H]1OC(CCP(=C)(C)C)[C@@H](O)[C@H]1OC.C=P(C)(C)CCC1O[C@@H](n2ccc(=O)n(C)c2=O)[C@H](O)[C@@H]1O. The summed E-state index contributed by atoms with van der Waals surface area (Å²) >= 11 is 5.70. The van der Waals surface area contributed by atoms with Crippen molar-refractivity contribution in [3.63, 3.8) is 0 Å². The monoisotopic (exact) mass is 1770 g/mol. The minimum atomic E-state index is -1.27. The van der Waals surface area contributed by atoms with Crippen molar-refractivity contribution in [1.82, 2.24) is 50.0 Å². The fraction of sp³-hybridized carbons (Fsp3) is 0.597. The van der Waals surface area contributed by atoms with E-state index >= 15 is 0 Å². The maximum absolute atomic E-state index is 12.1. The standard InChI is InChI=1S/C15H25N2O4P.C15H25N2O3P.C14H22BrN2O3P.C14H22IN2O3P.C14H23N2O5P/c1-10-16-12(18)6-8-17(10)15-14(20-2)13(19)11(21-15)7-9-22(3,4)5;1-10-14(19)12(7-9-21(3,4)5)20-15(10)17-8-6-13(18)16-11(17)2;2*1-9-16-11(18)5-7-17(9)14-12(15)13(19)10(20-14)6-8-21(2,3)4;1-15-10(17)5-7-16(14(15)20)13-12(19)11(18)9(21-13)6-8-22(2,3)4/h6,8,11,13-15,19H,1,3,7,9H2,2,4-5H3,(H,16,18);6,8,10,12,14-15,19H,2-3,7,9H2,1,4-5H3,(H,16,18);2*5,7,10,12-14,19H,1-2,6,8H2,3-4H3,(H,16,18);5,7,9,11-13,18-19H,2,6,8H2,1,3-4H3/t11?,13-,14-,15-;10-,12?,14+,15-;2*10?,12-,13-,14-;9?,11-,12-,13-/m11111/s1. The van der Waals surface area contributed by atoms with Crippen LogP contribution in [0.3, 0.4) is 0 Å². The zero-order valence-corrected chi connectivity index (χ0v) is 72.2. The number of nitrogens with one attached hydrogen (secondary N) is 4. The van der Waals surface area contributed by atoms with E-state index in [9.17, 15) is 59.4 Å². The van der Waals surface area contributed by atoms with Gasteiger partial charge in [0.1, 0.15) is 60.2 Å². The largest absolute Gasteiger partial charge is 0.390 e. The van der Waals surface area contributed by atoms with E-state index in [2.05, 4.69) is 184 Å². The third-order valence-electron chi connectivity index (χ3n) is 18.7. The number of alkyl halides is 2. The number of ether oxygens (including phenoxy) is 6. The molecule has 9 aliphatic heterocycles. The Labute approximate surface area is 653 Å². The zero-order valence-electron chi connectivity index (χ0n) is 64.0. The first-order chi connectivity index (χ1) is 49.4. The highest BCUT2D eigenvalue weighted by Crippen LogP contribution is 2.45. The molecule has 107 heavy (non-hydrogen) atoms. The lowest BCUT2D eigenvalue weighted by Gasteiger charge is -2.33. The number of aliphatic hydroxyl groups excluding tert-OH is 6. The maximum atomic E-state index is 12.1. The van der Waals surface area contributed by atoms with Crippen LogP contribution >= 0.6 is 73.0 Å². The van der Waals surface area contributed by atoms with Gasteiger partial charge in [-0.15, -0.1) is 65.9 Å². The molecule has 0 aromatic carbocycles. The van der Waals surface area contributed by atoms with E-state index in [-0.39, 0.29) is 81.4 Å². The Hall–Kier alpha value is -4.09. The van der Waals surface area contributed by atoms with Crippen molar-refractivity contribution < 1.29 is 78.2 Å². The minimum Gasteiger partial charge on any atom is -0.390 e. The summed E-state index contributed by atoms with van der Waals surface area (Å²) in [4.78, 5) is 75.4. The lowest BCUT2D eigenvalue weighted by Crippen LogP contribution is -2.47. The van der Waals surface area contributed by atoms with Gasteiger partial charge in [-0.3, -0.25) is 33.1 Å². The Morgan fingerprint density at radius 2 is 0.766 bits per heavy atom. The van der Waals surface area contributed by atoms with Gasteiger partial charge in [-0.25, -0.2) is 4.79 Å². The van der Waals surface area contributed by atoms with Crippen LogP contribution in [-0.4, -0.2) is 326 Å². The molecule has 20 atom stereocenters. The number of halogens is 2. The Balaban J connectivity index is 0.000000209. The molecular formula is C72H117BrIN10O18P5. The second kappa shape index (κ2) is 38.6. The lowest BCUT2D eigenvalue weighted by atomic mass is 10.00. The predicted octanol–water partition coefficient (Wildman–Crippen LogP) is 3.84. The molecule has 4 amide bonds. The molecule has 0 saturated carbocycles. The number of carbonyl (C=O) groups excluding carboxylic acids is 4. The summed E-state index contributed by atoms with van der Waals surface area (Å²) in [7, 11) is 2.89. The smallest absolute Gasteiger partial charge is 0.332 e.